The lowest BCUT2D eigenvalue weighted by molar-refractivity contribution is 0.0635. The van der Waals surface area contributed by atoms with Crippen molar-refractivity contribution in [2.75, 3.05) is 17.7 Å². The van der Waals surface area contributed by atoms with Crippen molar-refractivity contribution in [3.8, 4) is 11.6 Å². The predicted molar refractivity (Wildman–Crippen MR) is 118 cm³/mol. The number of ether oxygens (including phenoxy) is 2. The van der Waals surface area contributed by atoms with Crippen LogP contribution in [0.4, 0.5) is 21.0 Å². The van der Waals surface area contributed by atoms with Crippen LogP contribution in [0.2, 0.25) is 0 Å². The molecule has 168 valence electrons. The van der Waals surface area contributed by atoms with Crippen LogP contribution in [-0.2, 0) is 11.3 Å². The molecule has 3 aromatic rings. The Bertz CT molecular complexity index is 1080. The molecule has 0 atom stereocenters. The second-order valence-electron chi connectivity index (χ2n) is 7.68. The van der Waals surface area contributed by atoms with Crippen molar-refractivity contribution in [3.05, 3.63) is 54.7 Å². The minimum atomic E-state index is -0.648. The first-order chi connectivity index (χ1) is 15.2. The minimum absolute atomic E-state index is 0.216. The predicted octanol–water partition coefficient (Wildman–Crippen LogP) is 3.34. The molecule has 0 aliphatic heterocycles. The molecular formula is C21H25N7O4. The molecule has 0 aliphatic rings. The van der Waals surface area contributed by atoms with Crippen molar-refractivity contribution in [2.24, 2.45) is 0 Å². The van der Waals surface area contributed by atoms with Gasteiger partial charge in [0, 0.05) is 24.0 Å². The fraction of sp³-hybridized carbons (Fsp3) is 0.286. The molecule has 0 fully saturated rings. The lowest BCUT2D eigenvalue weighted by atomic mass is 10.2. The van der Waals surface area contributed by atoms with Gasteiger partial charge >= 0.3 is 12.1 Å². The molecule has 0 saturated carbocycles. The first-order valence-electron chi connectivity index (χ1n) is 9.77. The van der Waals surface area contributed by atoms with Crippen LogP contribution in [0, 0.1) is 0 Å². The zero-order valence-corrected chi connectivity index (χ0v) is 18.2. The Morgan fingerprint density at radius 2 is 1.97 bits per heavy atom. The highest BCUT2D eigenvalue weighted by molar-refractivity contribution is 5.92. The number of anilines is 2. The van der Waals surface area contributed by atoms with E-state index in [0.29, 0.717) is 22.9 Å². The highest BCUT2D eigenvalue weighted by Crippen LogP contribution is 2.28. The summed E-state index contributed by atoms with van der Waals surface area (Å²) >= 11 is 0. The third-order valence-electron chi connectivity index (χ3n) is 4.04. The average Bonchev–Trinajstić information content (AvgIpc) is 3.26. The number of amides is 3. The summed E-state index contributed by atoms with van der Waals surface area (Å²) in [5.74, 6) is 0.994. The lowest BCUT2D eigenvalue weighted by Crippen LogP contribution is -2.29. The third kappa shape index (κ3) is 6.17. The van der Waals surface area contributed by atoms with E-state index < -0.39 is 17.7 Å². The SMILES string of the molecule is COc1ccc(NC(=O)NCc2cccnc2-n2cncn2)cc1NC(=O)OC(C)(C)C. The number of aromatic nitrogens is 4. The Morgan fingerprint density at radius 3 is 2.66 bits per heavy atom. The van der Waals surface area contributed by atoms with Crippen molar-refractivity contribution < 1.29 is 19.1 Å². The smallest absolute Gasteiger partial charge is 0.412 e. The van der Waals surface area contributed by atoms with E-state index in [0.717, 1.165) is 5.56 Å². The summed E-state index contributed by atoms with van der Waals surface area (Å²) < 4.78 is 12.1. The zero-order valence-electron chi connectivity index (χ0n) is 18.2. The second-order valence-corrected chi connectivity index (χ2v) is 7.68. The Hall–Kier alpha value is -4.15. The molecule has 0 radical (unpaired) electrons. The molecule has 1 aromatic carbocycles. The number of methoxy groups -OCH3 is 1. The number of nitrogens with zero attached hydrogens (tertiary/aromatic N) is 4. The van der Waals surface area contributed by atoms with Gasteiger partial charge in [0.25, 0.3) is 0 Å². The van der Waals surface area contributed by atoms with Gasteiger partial charge < -0.3 is 20.1 Å². The maximum atomic E-state index is 12.4. The van der Waals surface area contributed by atoms with Gasteiger partial charge in [-0.3, -0.25) is 5.32 Å². The molecule has 2 aromatic heterocycles. The van der Waals surface area contributed by atoms with E-state index in [4.69, 9.17) is 9.47 Å². The Labute approximate surface area is 185 Å². The number of carbonyl (C=O) groups excluding carboxylic acids is 2. The molecule has 3 N–H and O–H groups in total. The van der Waals surface area contributed by atoms with Gasteiger partial charge in [0.1, 0.15) is 24.0 Å². The average molecular weight is 439 g/mol. The van der Waals surface area contributed by atoms with Crippen LogP contribution >= 0.6 is 0 Å². The van der Waals surface area contributed by atoms with Crippen molar-refractivity contribution in [3.63, 3.8) is 0 Å². The van der Waals surface area contributed by atoms with Gasteiger partial charge in [-0.1, -0.05) is 6.07 Å². The molecule has 11 heteroatoms. The van der Waals surface area contributed by atoms with Gasteiger partial charge in [-0.2, -0.15) is 5.10 Å². The topological polar surface area (TPSA) is 132 Å². The van der Waals surface area contributed by atoms with E-state index in [1.807, 2.05) is 6.07 Å². The molecule has 3 rings (SSSR count). The molecule has 3 amide bonds. The van der Waals surface area contributed by atoms with Gasteiger partial charge in [-0.05, 0) is 45.0 Å². The van der Waals surface area contributed by atoms with Crippen LogP contribution < -0.4 is 20.7 Å². The second kappa shape index (κ2) is 9.77. The summed E-state index contributed by atoms with van der Waals surface area (Å²) in [6.45, 7) is 5.52. The standard InChI is InChI=1S/C21H25N7O4/c1-21(2,3)32-20(30)27-16-10-15(7-8-17(16)31-4)26-19(29)24-11-14-6-5-9-23-18(14)28-13-22-12-25-28/h5-10,12-13H,11H2,1-4H3,(H,27,30)(H2,24,26,29). The van der Waals surface area contributed by atoms with Crippen LogP contribution in [0.5, 0.6) is 5.75 Å². The Balaban J connectivity index is 1.65. The number of pyridine rings is 1. The van der Waals surface area contributed by atoms with Crippen molar-refractivity contribution >= 4 is 23.5 Å². The first kappa shape index (κ1) is 22.5. The van der Waals surface area contributed by atoms with Crippen LogP contribution in [0.15, 0.2) is 49.2 Å². The normalized spacial score (nSPS) is 10.9. The fourth-order valence-corrected chi connectivity index (χ4v) is 2.74. The van der Waals surface area contributed by atoms with Crippen molar-refractivity contribution in [1.29, 1.82) is 0 Å². The van der Waals surface area contributed by atoms with E-state index >= 15 is 0 Å². The number of benzene rings is 1. The maximum absolute atomic E-state index is 12.4. The minimum Gasteiger partial charge on any atom is -0.495 e. The Morgan fingerprint density at radius 1 is 1.16 bits per heavy atom. The molecular weight excluding hydrogens is 414 g/mol. The Kier molecular flexibility index (Phi) is 6.88. The van der Waals surface area contributed by atoms with E-state index in [2.05, 4.69) is 31.0 Å². The molecule has 2 heterocycles. The van der Waals surface area contributed by atoms with E-state index in [-0.39, 0.29) is 6.54 Å². The van der Waals surface area contributed by atoms with E-state index in [1.165, 1.54) is 24.4 Å². The highest BCUT2D eigenvalue weighted by Gasteiger charge is 2.18. The summed E-state index contributed by atoms with van der Waals surface area (Å²) in [6.07, 6.45) is 3.94. The lowest BCUT2D eigenvalue weighted by Gasteiger charge is -2.20. The molecule has 0 spiro atoms. The van der Waals surface area contributed by atoms with E-state index in [1.54, 1.807) is 51.2 Å². The van der Waals surface area contributed by atoms with Crippen LogP contribution in [0.25, 0.3) is 5.82 Å². The molecule has 11 nitrogen and oxygen atoms in total. The monoisotopic (exact) mass is 439 g/mol. The molecule has 0 unspecified atom stereocenters. The van der Waals surface area contributed by atoms with Gasteiger partial charge in [0.05, 0.1) is 12.8 Å². The fourth-order valence-electron chi connectivity index (χ4n) is 2.74. The quantitative estimate of drug-likeness (QED) is 0.536. The maximum Gasteiger partial charge on any atom is 0.412 e. The van der Waals surface area contributed by atoms with Gasteiger partial charge in [-0.25, -0.2) is 24.2 Å². The number of urea groups is 1. The third-order valence-corrected chi connectivity index (χ3v) is 4.04. The van der Waals surface area contributed by atoms with E-state index in [9.17, 15) is 9.59 Å². The molecule has 0 bridgehead atoms. The number of hydrogen-bond donors (Lipinski definition) is 3. The van der Waals surface area contributed by atoms with Gasteiger partial charge in [0.2, 0.25) is 0 Å². The highest BCUT2D eigenvalue weighted by atomic mass is 16.6. The molecule has 0 aliphatic carbocycles. The number of hydrogen-bond acceptors (Lipinski definition) is 7. The summed E-state index contributed by atoms with van der Waals surface area (Å²) in [5, 5.41) is 12.2. The van der Waals surface area contributed by atoms with Crippen LogP contribution in [0.1, 0.15) is 26.3 Å². The van der Waals surface area contributed by atoms with Crippen molar-refractivity contribution in [1.82, 2.24) is 25.1 Å². The van der Waals surface area contributed by atoms with Crippen LogP contribution in [0.3, 0.4) is 0 Å². The summed E-state index contributed by atoms with van der Waals surface area (Å²) in [7, 11) is 1.48. The first-order valence-corrected chi connectivity index (χ1v) is 9.77. The zero-order chi connectivity index (χ0) is 23.1. The number of rotatable bonds is 6. The number of nitrogens with one attached hydrogen (secondary N) is 3. The summed E-state index contributed by atoms with van der Waals surface area (Å²) in [4.78, 5) is 32.8. The summed E-state index contributed by atoms with van der Waals surface area (Å²) in [5.41, 5.74) is 0.928. The molecule has 32 heavy (non-hydrogen) atoms. The van der Waals surface area contributed by atoms with Crippen molar-refractivity contribution in [2.45, 2.75) is 32.9 Å². The number of carbonyl (C=O) groups is 2. The van der Waals surface area contributed by atoms with Crippen LogP contribution in [-0.4, -0.2) is 44.6 Å². The largest absolute Gasteiger partial charge is 0.495 e. The van der Waals surface area contributed by atoms with Gasteiger partial charge in [0.15, 0.2) is 5.82 Å². The summed E-state index contributed by atoms with van der Waals surface area (Å²) in [6, 6.07) is 8.03. The molecule has 0 saturated heterocycles. The van der Waals surface area contributed by atoms with Gasteiger partial charge in [-0.15, -0.1) is 0 Å².